The van der Waals surface area contributed by atoms with Crippen molar-refractivity contribution in [2.24, 2.45) is 18.9 Å². The first-order valence-corrected chi connectivity index (χ1v) is 16.2. The summed E-state index contributed by atoms with van der Waals surface area (Å²) in [5.41, 5.74) is 2.20. The van der Waals surface area contributed by atoms with E-state index in [1.165, 1.54) is 96.6 Å². The Kier molecular flexibility index (Phi) is 11.3. The van der Waals surface area contributed by atoms with Gasteiger partial charge >= 0.3 is 0 Å². The number of hydrogen-bond donors (Lipinski definition) is 1. The molecule has 39 heavy (non-hydrogen) atoms. The van der Waals surface area contributed by atoms with E-state index in [2.05, 4.69) is 55.6 Å². The Morgan fingerprint density at radius 2 is 1.69 bits per heavy atom. The van der Waals surface area contributed by atoms with Gasteiger partial charge in [-0.1, -0.05) is 77.2 Å². The summed E-state index contributed by atoms with van der Waals surface area (Å²) in [4.78, 5) is 0. The highest BCUT2D eigenvalue weighted by Gasteiger charge is 2.53. The van der Waals surface area contributed by atoms with Gasteiger partial charge in [-0.15, -0.1) is 6.58 Å². The SMILES string of the molecule is C=CC1C[N+]2(CCCCCCCCCCCCCC)CCC1C[C@H]2[C@@H](O)c1cc[n+](C)c2ccc(OC)cc12. The third kappa shape index (κ3) is 7.24. The van der Waals surface area contributed by atoms with E-state index in [4.69, 9.17) is 4.74 Å². The molecule has 0 spiro atoms. The van der Waals surface area contributed by atoms with Gasteiger partial charge in [0, 0.05) is 36.5 Å². The number of aromatic nitrogens is 1. The number of methoxy groups -OCH3 is 1. The highest BCUT2D eigenvalue weighted by atomic mass is 16.5. The molecule has 2 aromatic rings. The number of unbranched alkanes of at least 4 members (excludes halogenated alkanes) is 11. The summed E-state index contributed by atoms with van der Waals surface area (Å²) in [6.45, 7) is 10.0. The van der Waals surface area contributed by atoms with Crippen LogP contribution < -0.4 is 9.30 Å². The molecule has 3 unspecified atom stereocenters. The second-order valence-corrected chi connectivity index (χ2v) is 12.7. The van der Waals surface area contributed by atoms with Crippen molar-refractivity contribution in [2.75, 3.05) is 26.7 Å². The van der Waals surface area contributed by atoms with Gasteiger partial charge in [-0.05, 0) is 30.9 Å². The minimum absolute atomic E-state index is 0.259. The van der Waals surface area contributed by atoms with Gasteiger partial charge in [0.2, 0.25) is 5.52 Å². The lowest BCUT2D eigenvalue weighted by Crippen LogP contribution is -2.68. The first-order chi connectivity index (χ1) is 19.0. The highest BCUT2D eigenvalue weighted by Crippen LogP contribution is 2.47. The summed E-state index contributed by atoms with van der Waals surface area (Å²) in [5.74, 6) is 2.09. The molecule has 0 amide bonds. The van der Waals surface area contributed by atoms with Crippen molar-refractivity contribution >= 4 is 10.9 Å². The van der Waals surface area contributed by atoms with Crippen molar-refractivity contribution in [1.82, 2.24) is 0 Å². The van der Waals surface area contributed by atoms with E-state index in [-0.39, 0.29) is 6.04 Å². The number of fused-ring (bicyclic) bond motifs is 4. The number of quaternary nitrogens is 1. The number of rotatable bonds is 17. The lowest BCUT2D eigenvalue weighted by Gasteiger charge is -2.58. The predicted octanol–water partition coefficient (Wildman–Crippen LogP) is 7.82. The second kappa shape index (κ2) is 14.6. The van der Waals surface area contributed by atoms with Gasteiger partial charge in [-0.2, -0.15) is 0 Å². The van der Waals surface area contributed by atoms with Crippen LogP contribution in [0.4, 0.5) is 0 Å². The molecule has 4 heteroatoms. The van der Waals surface area contributed by atoms with Crippen LogP contribution in [0.3, 0.4) is 0 Å². The largest absolute Gasteiger partial charge is 0.497 e. The van der Waals surface area contributed by atoms with Crippen LogP contribution in [0, 0.1) is 11.8 Å². The number of aliphatic hydroxyl groups excluding tert-OH is 1. The molecule has 0 aliphatic carbocycles. The van der Waals surface area contributed by atoms with Crippen LogP contribution in [-0.2, 0) is 7.05 Å². The van der Waals surface area contributed by atoms with Crippen LogP contribution >= 0.6 is 0 Å². The van der Waals surface area contributed by atoms with Gasteiger partial charge in [-0.25, -0.2) is 4.57 Å². The van der Waals surface area contributed by atoms with Crippen LogP contribution in [0.2, 0.25) is 0 Å². The van der Waals surface area contributed by atoms with Gasteiger partial charge in [-0.3, -0.25) is 0 Å². The van der Waals surface area contributed by atoms with Crippen LogP contribution in [0.5, 0.6) is 5.75 Å². The number of piperidine rings is 3. The van der Waals surface area contributed by atoms with E-state index >= 15 is 0 Å². The minimum atomic E-state index is -0.466. The molecule has 3 aliphatic rings. The maximum absolute atomic E-state index is 12.0. The molecule has 0 radical (unpaired) electrons. The molecule has 4 nitrogen and oxygen atoms in total. The quantitative estimate of drug-likeness (QED) is 0.0968. The number of nitrogens with zero attached hydrogens (tertiary/aromatic N) is 2. The van der Waals surface area contributed by atoms with E-state index in [1.54, 1.807) is 7.11 Å². The zero-order valence-electron chi connectivity index (χ0n) is 25.3. The first kappa shape index (κ1) is 30.1. The van der Waals surface area contributed by atoms with Gasteiger partial charge in [0.15, 0.2) is 6.20 Å². The molecule has 1 N–H and O–H groups in total. The summed E-state index contributed by atoms with van der Waals surface area (Å²) in [5, 5.41) is 13.2. The van der Waals surface area contributed by atoms with E-state index in [9.17, 15) is 5.11 Å². The Balaban J connectivity index is 1.37. The minimum Gasteiger partial charge on any atom is -0.497 e. The number of hydrogen-bond acceptors (Lipinski definition) is 2. The Morgan fingerprint density at radius 3 is 2.33 bits per heavy atom. The van der Waals surface area contributed by atoms with Crippen molar-refractivity contribution in [3.8, 4) is 5.75 Å². The Hall–Kier alpha value is -1.91. The molecule has 3 fully saturated rings. The standard InChI is InChI=1S/C35H56N2O2/c1-5-7-8-9-10-11-12-13-14-15-16-17-23-37-24-21-29(28(6-2)27-37)25-34(37)35(38)31-20-22-36(3)33-19-18-30(39-4)26-32(31)33/h6,18-20,22,26,28-29,34-35,38H,2,5,7-17,21,23-25,27H2,1,3-4H3/q+2/t28?,29?,34-,35-,37?/m0/s1. The molecule has 5 rings (SSSR count). The van der Waals surface area contributed by atoms with Crippen molar-refractivity contribution in [2.45, 2.75) is 109 Å². The monoisotopic (exact) mass is 536 g/mol. The topological polar surface area (TPSA) is 33.3 Å². The normalized spacial score (nSPS) is 25.2. The maximum Gasteiger partial charge on any atom is 0.212 e. The maximum atomic E-state index is 12.0. The summed E-state index contributed by atoms with van der Waals surface area (Å²) in [7, 11) is 3.80. The van der Waals surface area contributed by atoms with Crippen molar-refractivity contribution < 1.29 is 18.9 Å². The van der Waals surface area contributed by atoms with Gasteiger partial charge in [0.05, 0.1) is 32.1 Å². The summed E-state index contributed by atoms with van der Waals surface area (Å²) < 4.78 is 8.77. The van der Waals surface area contributed by atoms with Gasteiger partial charge in [0.1, 0.15) is 24.9 Å². The predicted molar refractivity (Wildman–Crippen MR) is 163 cm³/mol. The molecule has 216 valence electrons. The molecule has 3 saturated heterocycles. The summed E-state index contributed by atoms with van der Waals surface area (Å²) in [6, 6.07) is 8.63. The van der Waals surface area contributed by atoms with E-state index in [0.29, 0.717) is 11.8 Å². The Morgan fingerprint density at radius 1 is 1.03 bits per heavy atom. The Bertz CT molecular complexity index is 1050. The van der Waals surface area contributed by atoms with E-state index < -0.39 is 6.10 Å². The van der Waals surface area contributed by atoms with Crippen molar-refractivity contribution in [3.63, 3.8) is 0 Å². The lowest BCUT2D eigenvalue weighted by atomic mass is 9.71. The van der Waals surface area contributed by atoms with E-state index in [0.717, 1.165) is 39.7 Å². The fraction of sp³-hybridized carbons (Fsp3) is 0.686. The smallest absolute Gasteiger partial charge is 0.212 e. The molecule has 3 aliphatic heterocycles. The highest BCUT2D eigenvalue weighted by molar-refractivity contribution is 5.81. The molecular weight excluding hydrogens is 480 g/mol. The van der Waals surface area contributed by atoms with Crippen LogP contribution in [0.15, 0.2) is 43.1 Å². The van der Waals surface area contributed by atoms with E-state index in [1.807, 2.05) is 6.07 Å². The summed E-state index contributed by atoms with van der Waals surface area (Å²) in [6.07, 6.45) is 22.8. The number of aliphatic hydroxyl groups is 1. The third-order valence-electron chi connectivity index (χ3n) is 10.2. The second-order valence-electron chi connectivity index (χ2n) is 12.7. The van der Waals surface area contributed by atoms with Gasteiger partial charge < -0.3 is 14.3 Å². The third-order valence-corrected chi connectivity index (χ3v) is 10.2. The number of pyridine rings is 1. The fourth-order valence-electron chi connectivity index (χ4n) is 7.77. The number of benzene rings is 1. The van der Waals surface area contributed by atoms with Crippen molar-refractivity contribution in [3.05, 3.63) is 48.7 Å². The first-order valence-electron chi connectivity index (χ1n) is 16.2. The number of ether oxygens (including phenoxy) is 1. The van der Waals surface area contributed by atoms with Gasteiger partial charge in [0.25, 0.3) is 0 Å². The molecule has 4 heterocycles. The van der Waals surface area contributed by atoms with Crippen molar-refractivity contribution in [1.29, 1.82) is 0 Å². The zero-order chi connectivity index (χ0) is 27.7. The molecule has 1 aromatic heterocycles. The molecule has 1 aromatic carbocycles. The fourth-order valence-corrected chi connectivity index (χ4v) is 7.77. The Labute approximate surface area is 238 Å². The van der Waals surface area contributed by atoms with Crippen LogP contribution in [0.25, 0.3) is 10.9 Å². The van der Waals surface area contributed by atoms with Crippen LogP contribution in [0.1, 0.15) is 108 Å². The summed E-state index contributed by atoms with van der Waals surface area (Å²) >= 11 is 0. The average Bonchev–Trinajstić information content (AvgIpc) is 2.97. The number of aryl methyl sites for hydroxylation is 1. The molecular formula is C35H56N2O2+2. The molecule has 2 bridgehead atoms. The molecule has 0 saturated carbocycles. The van der Waals surface area contributed by atoms with Crippen LogP contribution in [-0.4, -0.2) is 42.4 Å². The average molecular weight is 537 g/mol. The zero-order valence-corrected chi connectivity index (χ0v) is 25.3. The molecule has 5 atom stereocenters. The lowest BCUT2D eigenvalue weighted by molar-refractivity contribution is -0.973.